The van der Waals surface area contributed by atoms with Gasteiger partial charge in [-0.05, 0) is 32.6 Å². The minimum absolute atomic E-state index is 0.211. The molecule has 0 aromatic rings. The molecule has 0 N–H and O–H groups in total. The van der Waals surface area contributed by atoms with E-state index >= 15 is 0 Å². The molecule has 16 heavy (non-hydrogen) atoms. The van der Waals surface area contributed by atoms with Crippen molar-refractivity contribution in [1.29, 1.82) is 0 Å². The van der Waals surface area contributed by atoms with Crippen molar-refractivity contribution in [2.75, 3.05) is 19.8 Å². The zero-order valence-corrected chi connectivity index (χ0v) is 10.8. The quantitative estimate of drug-likeness (QED) is 0.540. The van der Waals surface area contributed by atoms with Crippen LogP contribution in [0.25, 0.3) is 0 Å². The smallest absolute Gasteiger partial charge is 0.0990 e. The molecule has 1 spiro atoms. The van der Waals surface area contributed by atoms with E-state index in [9.17, 15) is 0 Å². The Kier molecular flexibility index (Phi) is 3.70. The topological polar surface area (TPSA) is 21.8 Å². The number of rotatable bonds is 4. The summed E-state index contributed by atoms with van der Waals surface area (Å²) in [5.74, 6) is 1.32. The van der Waals surface area contributed by atoms with E-state index in [1.807, 2.05) is 0 Å². The average molecular weight is 224 g/mol. The monoisotopic (exact) mass is 224 g/mol. The lowest BCUT2D eigenvalue weighted by molar-refractivity contribution is -0.0231. The highest BCUT2D eigenvalue weighted by molar-refractivity contribution is 5.02. The van der Waals surface area contributed by atoms with Gasteiger partial charge in [0.25, 0.3) is 0 Å². The highest BCUT2D eigenvalue weighted by Gasteiger charge is 2.54. The number of hydrogen-bond acceptors (Lipinski definition) is 2. The maximum absolute atomic E-state index is 5.70. The maximum atomic E-state index is 5.70. The lowest BCUT2D eigenvalue weighted by Crippen LogP contribution is -2.39. The minimum atomic E-state index is 0.211. The first kappa shape index (κ1) is 12.1. The Morgan fingerprint density at radius 2 is 2.25 bits per heavy atom. The van der Waals surface area contributed by atoms with Crippen molar-refractivity contribution >= 4 is 0 Å². The van der Waals surface area contributed by atoms with Gasteiger partial charge in [-0.25, -0.2) is 0 Å². The van der Waals surface area contributed by atoms with Gasteiger partial charge in [0.1, 0.15) is 0 Å². The fourth-order valence-electron chi connectivity index (χ4n) is 2.76. The van der Waals surface area contributed by atoms with Crippen LogP contribution in [-0.2, 0) is 9.47 Å². The maximum Gasteiger partial charge on any atom is 0.0990 e. The van der Waals surface area contributed by atoms with Gasteiger partial charge >= 0.3 is 0 Å². The van der Waals surface area contributed by atoms with Crippen LogP contribution in [0.2, 0.25) is 0 Å². The Balaban J connectivity index is 1.83. The molecule has 3 atom stereocenters. The summed E-state index contributed by atoms with van der Waals surface area (Å²) in [5.41, 5.74) is 1.63. The SMILES string of the molecule is CC(C)=CCC[C@H](C)[C@H]1COCC[C@]12CO2. The zero-order valence-electron chi connectivity index (χ0n) is 10.8. The van der Waals surface area contributed by atoms with Crippen LogP contribution in [0.3, 0.4) is 0 Å². The number of ether oxygens (including phenoxy) is 2. The van der Waals surface area contributed by atoms with Gasteiger partial charge in [0.05, 0.1) is 18.8 Å². The Morgan fingerprint density at radius 1 is 1.50 bits per heavy atom. The van der Waals surface area contributed by atoms with E-state index in [4.69, 9.17) is 9.47 Å². The molecular weight excluding hydrogens is 200 g/mol. The molecule has 0 aromatic heterocycles. The summed E-state index contributed by atoms with van der Waals surface area (Å²) < 4.78 is 11.3. The summed E-state index contributed by atoms with van der Waals surface area (Å²) in [4.78, 5) is 0. The van der Waals surface area contributed by atoms with Crippen molar-refractivity contribution in [3.63, 3.8) is 0 Å². The summed E-state index contributed by atoms with van der Waals surface area (Å²) in [6.07, 6.45) is 5.88. The average Bonchev–Trinajstić information content (AvgIpc) is 2.98. The molecule has 2 nitrogen and oxygen atoms in total. The molecule has 0 saturated carbocycles. The van der Waals surface area contributed by atoms with Gasteiger partial charge in [0.2, 0.25) is 0 Å². The molecule has 92 valence electrons. The van der Waals surface area contributed by atoms with Crippen LogP contribution >= 0.6 is 0 Å². The molecule has 2 saturated heterocycles. The molecule has 2 heteroatoms. The molecule has 2 fully saturated rings. The van der Waals surface area contributed by atoms with Crippen LogP contribution in [0.15, 0.2) is 11.6 Å². The number of hydrogen-bond donors (Lipinski definition) is 0. The van der Waals surface area contributed by atoms with Crippen LogP contribution in [0.1, 0.15) is 40.0 Å². The molecule has 2 aliphatic rings. The van der Waals surface area contributed by atoms with E-state index < -0.39 is 0 Å². The van der Waals surface area contributed by atoms with Crippen molar-refractivity contribution in [2.24, 2.45) is 11.8 Å². The Bertz CT molecular complexity index is 262. The van der Waals surface area contributed by atoms with Gasteiger partial charge in [0, 0.05) is 18.9 Å². The molecular formula is C14H24O2. The summed E-state index contributed by atoms with van der Waals surface area (Å²) in [7, 11) is 0. The van der Waals surface area contributed by atoms with E-state index in [-0.39, 0.29) is 5.60 Å². The first-order chi connectivity index (χ1) is 7.64. The summed E-state index contributed by atoms with van der Waals surface area (Å²) in [5, 5.41) is 0. The third-order valence-electron chi connectivity index (χ3n) is 4.02. The molecule has 2 heterocycles. The molecule has 0 aliphatic carbocycles. The minimum Gasteiger partial charge on any atom is -0.381 e. The zero-order chi connectivity index (χ0) is 11.6. The van der Waals surface area contributed by atoms with Crippen molar-refractivity contribution < 1.29 is 9.47 Å². The predicted molar refractivity (Wildman–Crippen MR) is 65.4 cm³/mol. The second kappa shape index (κ2) is 4.89. The third-order valence-corrected chi connectivity index (χ3v) is 4.02. The standard InChI is InChI=1S/C14H24O2/c1-11(2)5-4-6-12(3)13-9-15-8-7-14(13)10-16-14/h5,12-13H,4,6-10H2,1-3H3/t12-,13+,14-/m0/s1. The van der Waals surface area contributed by atoms with Gasteiger partial charge in [0.15, 0.2) is 0 Å². The molecule has 0 radical (unpaired) electrons. The van der Waals surface area contributed by atoms with Crippen LogP contribution in [0.4, 0.5) is 0 Å². The highest BCUT2D eigenvalue weighted by Crippen LogP contribution is 2.45. The van der Waals surface area contributed by atoms with E-state index in [2.05, 4.69) is 26.8 Å². The van der Waals surface area contributed by atoms with Gasteiger partial charge in [-0.3, -0.25) is 0 Å². The van der Waals surface area contributed by atoms with Gasteiger partial charge in [-0.1, -0.05) is 18.6 Å². The molecule has 0 aromatic carbocycles. The van der Waals surface area contributed by atoms with E-state index in [1.165, 1.54) is 18.4 Å². The molecule has 2 rings (SSSR count). The second-order valence-electron chi connectivity index (χ2n) is 5.62. The summed E-state index contributed by atoms with van der Waals surface area (Å²) >= 11 is 0. The van der Waals surface area contributed by atoms with Crippen LogP contribution in [0.5, 0.6) is 0 Å². The predicted octanol–water partition coefficient (Wildman–Crippen LogP) is 3.17. The molecule has 0 amide bonds. The van der Waals surface area contributed by atoms with E-state index in [1.54, 1.807) is 0 Å². The van der Waals surface area contributed by atoms with Gasteiger partial charge < -0.3 is 9.47 Å². The van der Waals surface area contributed by atoms with Crippen molar-refractivity contribution in [3.05, 3.63) is 11.6 Å². The fraction of sp³-hybridized carbons (Fsp3) is 0.857. The highest BCUT2D eigenvalue weighted by atomic mass is 16.6. The van der Waals surface area contributed by atoms with Crippen molar-refractivity contribution in [2.45, 2.75) is 45.6 Å². The summed E-state index contributed by atoms with van der Waals surface area (Å²) in [6, 6.07) is 0. The first-order valence-corrected chi connectivity index (χ1v) is 6.49. The van der Waals surface area contributed by atoms with E-state index in [0.29, 0.717) is 11.8 Å². The Morgan fingerprint density at radius 3 is 2.88 bits per heavy atom. The van der Waals surface area contributed by atoms with Gasteiger partial charge in [-0.2, -0.15) is 0 Å². The van der Waals surface area contributed by atoms with E-state index in [0.717, 1.165) is 26.2 Å². The molecule has 0 unspecified atom stereocenters. The number of epoxide rings is 1. The molecule has 2 aliphatic heterocycles. The first-order valence-electron chi connectivity index (χ1n) is 6.49. The fourth-order valence-corrected chi connectivity index (χ4v) is 2.76. The van der Waals surface area contributed by atoms with Crippen molar-refractivity contribution in [3.8, 4) is 0 Å². The van der Waals surface area contributed by atoms with Gasteiger partial charge in [-0.15, -0.1) is 0 Å². The van der Waals surface area contributed by atoms with Crippen LogP contribution in [-0.4, -0.2) is 25.4 Å². The lowest BCUT2D eigenvalue weighted by Gasteiger charge is -2.33. The number of allylic oxidation sites excluding steroid dienone is 2. The van der Waals surface area contributed by atoms with Crippen molar-refractivity contribution in [1.82, 2.24) is 0 Å². The second-order valence-corrected chi connectivity index (χ2v) is 5.62. The summed E-state index contributed by atoms with van der Waals surface area (Å²) in [6.45, 7) is 9.43. The Hall–Kier alpha value is -0.340. The lowest BCUT2D eigenvalue weighted by atomic mass is 9.78. The van der Waals surface area contributed by atoms with Crippen LogP contribution in [0, 0.1) is 11.8 Å². The van der Waals surface area contributed by atoms with Crippen LogP contribution < -0.4 is 0 Å². The Labute approximate surface area is 99.0 Å². The largest absolute Gasteiger partial charge is 0.381 e. The molecule has 0 bridgehead atoms. The third kappa shape index (κ3) is 2.67. The normalized spacial score (nSPS) is 34.8.